The minimum atomic E-state index is -0.496. The summed E-state index contributed by atoms with van der Waals surface area (Å²) in [5.74, 6) is 0.395. The lowest BCUT2D eigenvalue weighted by molar-refractivity contribution is 0.108. The average molecular weight is 488 g/mol. The van der Waals surface area contributed by atoms with E-state index in [0.717, 1.165) is 34.7 Å². The molecule has 4 aromatic rings. The van der Waals surface area contributed by atoms with Crippen LogP contribution >= 0.6 is 0 Å². The van der Waals surface area contributed by atoms with Crippen molar-refractivity contribution in [2.45, 2.75) is 58.7 Å². The second-order valence-electron chi connectivity index (χ2n) is 10.9. The molecule has 0 saturated heterocycles. The van der Waals surface area contributed by atoms with Crippen LogP contribution in [-0.4, -0.2) is 47.9 Å². The molecule has 1 atom stereocenters. The molecule has 9 heteroatoms. The highest BCUT2D eigenvalue weighted by Gasteiger charge is 2.23. The Bertz CT molecular complexity index is 1500. The summed E-state index contributed by atoms with van der Waals surface area (Å²) < 4.78 is 3.57. The van der Waals surface area contributed by atoms with E-state index in [1.165, 1.54) is 0 Å². The zero-order chi connectivity index (χ0) is 25.8. The van der Waals surface area contributed by atoms with Gasteiger partial charge in [0.1, 0.15) is 5.39 Å². The molecular weight excluding hydrogens is 454 g/mol. The number of nitrogens with one attached hydrogen (secondary N) is 1. The van der Waals surface area contributed by atoms with Crippen molar-refractivity contribution in [2.24, 2.45) is 0 Å². The third-order valence-electron chi connectivity index (χ3n) is 6.55. The van der Waals surface area contributed by atoms with E-state index in [1.807, 2.05) is 55.9 Å². The zero-order valence-corrected chi connectivity index (χ0v) is 21.6. The quantitative estimate of drug-likeness (QED) is 0.447. The lowest BCUT2D eigenvalue weighted by atomic mass is 9.91. The molecule has 0 amide bonds. The van der Waals surface area contributed by atoms with E-state index in [4.69, 9.17) is 4.98 Å². The summed E-state index contributed by atoms with van der Waals surface area (Å²) in [7, 11) is 1.99. The predicted molar refractivity (Wildman–Crippen MR) is 141 cm³/mol. The molecular formula is C27H33N7O2. The largest absolute Gasteiger partial charge is 0.387 e. The first kappa shape index (κ1) is 24.1. The van der Waals surface area contributed by atoms with Crippen molar-refractivity contribution < 1.29 is 5.11 Å². The van der Waals surface area contributed by atoms with Crippen LogP contribution in [-0.2, 0) is 12.0 Å². The number of hydrogen-bond acceptors (Lipinski definition) is 7. The number of nitrogens with zero attached hydrogens (tertiary/aromatic N) is 6. The van der Waals surface area contributed by atoms with Gasteiger partial charge in [0.25, 0.3) is 5.56 Å². The highest BCUT2D eigenvalue weighted by Crippen LogP contribution is 2.29. The number of fused-ring (bicyclic) bond motifs is 2. The number of likely N-dealkylation sites (N-methyl/N-ethyl adjacent to an activating group) is 1. The topological polar surface area (TPSA) is 101 Å². The molecule has 0 bridgehead atoms. The first-order valence-electron chi connectivity index (χ1n) is 12.3. The van der Waals surface area contributed by atoms with Crippen LogP contribution in [0.5, 0.6) is 0 Å². The maximum Gasteiger partial charge on any atom is 0.278 e. The number of hydrogen-bond donors (Lipinski definition) is 2. The van der Waals surface area contributed by atoms with Gasteiger partial charge < -0.3 is 10.4 Å². The van der Waals surface area contributed by atoms with Gasteiger partial charge in [0.2, 0.25) is 5.95 Å². The van der Waals surface area contributed by atoms with E-state index >= 15 is 0 Å². The van der Waals surface area contributed by atoms with Crippen LogP contribution in [0, 0.1) is 0 Å². The maximum atomic E-state index is 13.3. The fourth-order valence-corrected chi connectivity index (χ4v) is 4.76. The Morgan fingerprint density at radius 2 is 1.92 bits per heavy atom. The van der Waals surface area contributed by atoms with Crippen molar-refractivity contribution >= 4 is 22.7 Å². The molecule has 1 aromatic carbocycles. The van der Waals surface area contributed by atoms with Crippen molar-refractivity contribution in [1.29, 1.82) is 0 Å². The molecule has 188 valence electrons. The third kappa shape index (κ3) is 4.29. The monoisotopic (exact) mass is 487 g/mol. The van der Waals surface area contributed by atoms with Crippen molar-refractivity contribution in [3.63, 3.8) is 0 Å². The number of rotatable bonds is 4. The number of pyridine rings is 1. The molecule has 9 nitrogen and oxygen atoms in total. The van der Waals surface area contributed by atoms with E-state index in [9.17, 15) is 9.90 Å². The van der Waals surface area contributed by atoms with Crippen LogP contribution in [0.3, 0.4) is 0 Å². The van der Waals surface area contributed by atoms with Crippen molar-refractivity contribution in [3.05, 3.63) is 69.9 Å². The second-order valence-corrected chi connectivity index (χ2v) is 10.9. The fourth-order valence-electron chi connectivity index (χ4n) is 4.76. The molecule has 3 aromatic heterocycles. The summed E-state index contributed by atoms with van der Waals surface area (Å²) >= 11 is 0. The lowest BCUT2D eigenvalue weighted by Gasteiger charge is -2.29. The van der Waals surface area contributed by atoms with Gasteiger partial charge >= 0.3 is 0 Å². The normalized spacial score (nSPS) is 16.5. The summed E-state index contributed by atoms with van der Waals surface area (Å²) in [6.45, 7) is 11.7. The molecule has 0 aliphatic carbocycles. The van der Waals surface area contributed by atoms with Crippen LogP contribution < -0.4 is 10.9 Å². The number of aromatic nitrogens is 5. The average Bonchev–Trinajstić information content (AvgIpc) is 3.10. The molecule has 0 radical (unpaired) electrons. The molecule has 2 N–H and O–H groups in total. The summed E-state index contributed by atoms with van der Waals surface area (Å²) in [6.07, 6.45) is 2.86. The van der Waals surface area contributed by atoms with Gasteiger partial charge in [-0.05, 0) is 56.3 Å². The van der Waals surface area contributed by atoms with Gasteiger partial charge in [-0.25, -0.2) is 14.3 Å². The smallest absolute Gasteiger partial charge is 0.278 e. The fraction of sp³-hybridized carbons (Fsp3) is 0.407. The Kier molecular flexibility index (Phi) is 5.92. The van der Waals surface area contributed by atoms with E-state index in [2.05, 4.69) is 41.0 Å². The van der Waals surface area contributed by atoms with E-state index in [0.29, 0.717) is 23.5 Å². The highest BCUT2D eigenvalue weighted by atomic mass is 16.3. The Balaban J connectivity index is 1.61. The predicted octanol–water partition coefficient (Wildman–Crippen LogP) is 4.08. The minimum absolute atomic E-state index is 0.0848. The molecule has 0 spiro atoms. The molecule has 0 saturated carbocycles. The maximum absolute atomic E-state index is 13.3. The number of β-amino-alcohol motifs (C(OH)–C–C–N with tert-alkyl or cyclic N) is 1. The number of aliphatic hydroxyl groups excluding tert-OH is 1. The number of aliphatic hydroxyl groups is 1. The van der Waals surface area contributed by atoms with Crippen LogP contribution in [0.25, 0.3) is 16.7 Å². The molecule has 5 rings (SSSR count). The summed E-state index contributed by atoms with van der Waals surface area (Å²) in [4.78, 5) is 29.2. The van der Waals surface area contributed by atoms with Crippen LogP contribution in [0.1, 0.15) is 63.6 Å². The van der Waals surface area contributed by atoms with Gasteiger partial charge in [0, 0.05) is 48.3 Å². The van der Waals surface area contributed by atoms with Crippen molar-refractivity contribution in [3.8, 4) is 5.69 Å². The molecule has 1 aliphatic heterocycles. The third-order valence-corrected chi connectivity index (χ3v) is 6.55. The van der Waals surface area contributed by atoms with E-state index < -0.39 is 6.10 Å². The van der Waals surface area contributed by atoms with Gasteiger partial charge in [-0.2, -0.15) is 4.98 Å². The van der Waals surface area contributed by atoms with Crippen LogP contribution in [0.15, 0.2) is 47.5 Å². The summed E-state index contributed by atoms with van der Waals surface area (Å²) in [5.41, 5.74) is 4.85. The zero-order valence-electron chi connectivity index (χ0n) is 21.6. The van der Waals surface area contributed by atoms with E-state index in [-0.39, 0.29) is 17.0 Å². The SMILES string of the molecule is CC(C)n1c(=O)c2cnc(Nc3ccc4c(c3)CN(C)CC4O)nc2n1-c1ccnc(C(C)(C)C)c1. The van der Waals surface area contributed by atoms with Gasteiger partial charge in [0.15, 0.2) is 5.65 Å². The Labute approximate surface area is 210 Å². The summed E-state index contributed by atoms with van der Waals surface area (Å²) in [6, 6.07) is 9.71. The molecule has 4 heterocycles. The minimum Gasteiger partial charge on any atom is -0.387 e. The lowest BCUT2D eigenvalue weighted by Crippen LogP contribution is -2.30. The van der Waals surface area contributed by atoms with E-state index in [1.54, 1.807) is 17.1 Å². The first-order chi connectivity index (χ1) is 17.0. The van der Waals surface area contributed by atoms with Crippen molar-refractivity contribution in [1.82, 2.24) is 29.2 Å². The number of anilines is 2. The standard InChI is InChI=1S/C27H33N7O2/c1-16(2)33-25(36)21-13-29-26(30-18-7-8-20-17(11-18)14-32(6)15-22(20)35)31-24(21)34(33)19-9-10-28-23(12-19)27(3,4)5/h7-13,16,22,35H,14-15H2,1-6H3,(H,29,30,31). The van der Waals surface area contributed by atoms with Crippen LogP contribution in [0.2, 0.25) is 0 Å². The second kappa shape index (κ2) is 8.83. The molecule has 0 fully saturated rings. The van der Waals surface area contributed by atoms with Gasteiger partial charge in [-0.15, -0.1) is 0 Å². The molecule has 36 heavy (non-hydrogen) atoms. The number of benzene rings is 1. The Hall–Kier alpha value is -3.56. The first-order valence-corrected chi connectivity index (χ1v) is 12.3. The summed E-state index contributed by atoms with van der Waals surface area (Å²) in [5, 5.41) is 14.1. The van der Waals surface area contributed by atoms with Gasteiger partial charge in [-0.3, -0.25) is 14.7 Å². The van der Waals surface area contributed by atoms with Gasteiger partial charge in [0.05, 0.1) is 11.8 Å². The van der Waals surface area contributed by atoms with Crippen LogP contribution in [0.4, 0.5) is 11.6 Å². The highest BCUT2D eigenvalue weighted by molar-refractivity contribution is 5.77. The Morgan fingerprint density at radius 1 is 1.14 bits per heavy atom. The molecule has 1 aliphatic rings. The van der Waals surface area contributed by atoms with Crippen molar-refractivity contribution in [2.75, 3.05) is 18.9 Å². The molecule has 1 unspecified atom stereocenters. The Morgan fingerprint density at radius 3 is 2.64 bits per heavy atom. The van der Waals surface area contributed by atoms with Gasteiger partial charge in [-0.1, -0.05) is 26.8 Å².